The second-order valence-corrected chi connectivity index (χ2v) is 6.98. The van der Waals surface area contributed by atoms with E-state index in [0.717, 1.165) is 0 Å². The largest absolute Gasteiger partial charge is 0.489 e. The van der Waals surface area contributed by atoms with Crippen LogP contribution in [0, 0.1) is 18.7 Å². The molecule has 1 atom stereocenters. The van der Waals surface area contributed by atoms with E-state index in [1.54, 1.807) is 43.3 Å². The molecule has 8 heteroatoms. The van der Waals surface area contributed by atoms with Crippen molar-refractivity contribution in [2.24, 2.45) is 5.92 Å². The molecule has 7 nitrogen and oxygen atoms in total. The van der Waals surface area contributed by atoms with Gasteiger partial charge in [-0.05, 0) is 37.6 Å². The predicted molar refractivity (Wildman–Crippen MR) is 104 cm³/mol. The van der Waals surface area contributed by atoms with Crippen molar-refractivity contribution in [1.29, 1.82) is 0 Å². The van der Waals surface area contributed by atoms with Gasteiger partial charge in [0.2, 0.25) is 0 Å². The number of hydrogen-bond donors (Lipinski definition) is 1. The van der Waals surface area contributed by atoms with Crippen LogP contribution in [-0.2, 0) is 21.0 Å². The number of fused-ring (bicyclic) bond motifs is 1. The Bertz CT molecular complexity index is 1090. The van der Waals surface area contributed by atoms with Gasteiger partial charge in [-0.2, -0.15) is 5.48 Å². The highest BCUT2D eigenvalue weighted by molar-refractivity contribution is 6.07. The van der Waals surface area contributed by atoms with E-state index in [2.05, 4.69) is 5.48 Å². The molecular weight excluding hydrogens is 393 g/mol. The molecule has 1 fully saturated rings. The maximum Gasteiger partial charge on any atom is 0.337 e. The van der Waals surface area contributed by atoms with Crippen LogP contribution < -0.4 is 10.2 Å². The molecule has 0 radical (unpaired) electrons. The van der Waals surface area contributed by atoms with Crippen LogP contribution in [0.25, 0.3) is 11.0 Å². The zero-order chi connectivity index (χ0) is 21.1. The Balaban J connectivity index is 1.49. The lowest BCUT2D eigenvalue weighted by molar-refractivity contribution is -0.153. The molecule has 1 aromatic heterocycles. The van der Waals surface area contributed by atoms with Crippen LogP contribution >= 0.6 is 0 Å². The van der Waals surface area contributed by atoms with Crippen LogP contribution in [0.4, 0.5) is 4.39 Å². The second kappa shape index (κ2) is 8.54. The van der Waals surface area contributed by atoms with Gasteiger partial charge in [0.25, 0.3) is 5.91 Å². The van der Waals surface area contributed by atoms with Crippen molar-refractivity contribution in [1.82, 2.24) is 5.48 Å². The van der Waals surface area contributed by atoms with Crippen molar-refractivity contribution >= 4 is 22.8 Å². The van der Waals surface area contributed by atoms with E-state index in [4.69, 9.17) is 18.7 Å². The summed E-state index contributed by atoms with van der Waals surface area (Å²) in [6, 6.07) is 11.3. The zero-order valence-corrected chi connectivity index (χ0v) is 16.3. The Morgan fingerprint density at radius 1 is 1.23 bits per heavy atom. The maximum atomic E-state index is 13.8. The van der Waals surface area contributed by atoms with E-state index in [1.807, 2.05) is 0 Å². The lowest BCUT2D eigenvalue weighted by atomic mass is 10.1. The van der Waals surface area contributed by atoms with E-state index < -0.39 is 11.9 Å². The van der Waals surface area contributed by atoms with Crippen molar-refractivity contribution in [2.45, 2.75) is 20.0 Å². The van der Waals surface area contributed by atoms with Crippen LogP contribution in [0.1, 0.15) is 28.1 Å². The van der Waals surface area contributed by atoms with E-state index >= 15 is 0 Å². The Kier molecular flexibility index (Phi) is 5.67. The molecular formula is C22H20FNO6. The molecule has 30 heavy (non-hydrogen) atoms. The molecule has 1 unspecified atom stereocenters. The Labute approximate surface area is 171 Å². The highest BCUT2D eigenvalue weighted by Gasteiger charge is 2.27. The second-order valence-electron chi connectivity index (χ2n) is 6.98. The number of rotatable bonds is 5. The highest BCUT2D eigenvalue weighted by Crippen LogP contribution is 2.29. The summed E-state index contributed by atoms with van der Waals surface area (Å²) in [6.07, 6.45) is 0.561. The number of halogens is 1. The number of benzene rings is 2. The monoisotopic (exact) mass is 413 g/mol. The number of amides is 1. The van der Waals surface area contributed by atoms with Gasteiger partial charge < -0.3 is 18.7 Å². The first-order valence-corrected chi connectivity index (χ1v) is 9.51. The Morgan fingerprint density at radius 3 is 2.83 bits per heavy atom. The van der Waals surface area contributed by atoms with Gasteiger partial charge in [0.05, 0.1) is 18.1 Å². The Hall–Kier alpha value is -3.39. The summed E-state index contributed by atoms with van der Waals surface area (Å²) in [5.41, 5.74) is 3.31. The van der Waals surface area contributed by atoms with Crippen LogP contribution in [-0.4, -0.2) is 25.1 Å². The molecule has 4 rings (SSSR count). The molecule has 1 amide bonds. The molecule has 0 bridgehead atoms. The molecule has 1 saturated heterocycles. The first-order valence-electron chi connectivity index (χ1n) is 9.51. The normalized spacial score (nSPS) is 15.9. The Morgan fingerprint density at radius 2 is 2.07 bits per heavy atom. The maximum absolute atomic E-state index is 13.8. The molecule has 1 N–H and O–H groups in total. The minimum atomic E-state index is -0.607. The number of nitrogens with one attached hydrogen (secondary N) is 1. The van der Waals surface area contributed by atoms with Crippen LogP contribution in [0.2, 0.25) is 0 Å². The summed E-state index contributed by atoms with van der Waals surface area (Å²) in [5.74, 6) is -1.07. The van der Waals surface area contributed by atoms with Gasteiger partial charge in [-0.15, -0.1) is 0 Å². The fourth-order valence-corrected chi connectivity index (χ4v) is 3.30. The lowest BCUT2D eigenvalue weighted by Crippen LogP contribution is -2.31. The summed E-state index contributed by atoms with van der Waals surface area (Å²) < 4.78 is 30.2. The van der Waals surface area contributed by atoms with Gasteiger partial charge in [-0.25, -0.2) is 9.18 Å². The lowest BCUT2D eigenvalue weighted by Gasteiger charge is -2.09. The molecule has 3 aromatic rings. The van der Waals surface area contributed by atoms with Crippen molar-refractivity contribution in [2.75, 3.05) is 13.2 Å². The predicted octanol–water partition coefficient (Wildman–Crippen LogP) is 3.68. The molecule has 0 spiro atoms. The fourth-order valence-electron chi connectivity index (χ4n) is 3.30. The number of ether oxygens (including phenoxy) is 2. The standard InChI is InChI=1S/C22H20FNO6/c1-13-20(21(25)24-30-22(26)15-8-9-27-11-15)17-10-16(6-7-19(17)29-13)28-12-14-4-2-3-5-18(14)23/h2-7,10,15H,8-9,11-12H2,1H3,(H,24,25). The van der Waals surface area contributed by atoms with Crippen molar-refractivity contribution in [3.8, 4) is 5.75 Å². The number of carbonyl (C=O) groups excluding carboxylic acids is 2. The topological polar surface area (TPSA) is 87.0 Å². The third-order valence-electron chi connectivity index (χ3n) is 4.92. The fraction of sp³-hybridized carbons (Fsp3) is 0.273. The van der Waals surface area contributed by atoms with Crippen molar-refractivity contribution in [3.05, 3.63) is 65.2 Å². The molecule has 2 heterocycles. The third kappa shape index (κ3) is 4.13. The minimum Gasteiger partial charge on any atom is -0.489 e. The molecule has 0 saturated carbocycles. The molecule has 2 aromatic carbocycles. The van der Waals surface area contributed by atoms with E-state index in [0.29, 0.717) is 41.1 Å². The first kappa shape index (κ1) is 19.9. The summed E-state index contributed by atoms with van der Waals surface area (Å²) >= 11 is 0. The number of hydrogen-bond acceptors (Lipinski definition) is 6. The summed E-state index contributed by atoms with van der Waals surface area (Å²) in [4.78, 5) is 29.5. The smallest absolute Gasteiger partial charge is 0.337 e. The highest BCUT2D eigenvalue weighted by atomic mass is 19.1. The van der Waals surface area contributed by atoms with Crippen molar-refractivity contribution < 1.29 is 32.7 Å². The number of carbonyl (C=O) groups is 2. The number of hydroxylamine groups is 1. The van der Waals surface area contributed by atoms with Gasteiger partial charge >= 0.3 is 5.97 Å². The zero-order valence-electron chi connectivity index (χ0n) is 16.3. The third-order valence-corrected chi connectivity index (χ3v) is 4.92. The quantitative estimate of drug-likeness (QED) is 0.642. The van der Waals surface area contributed by atoms with Crippen molar-refractivity contribution in [3.63, 3.8) is 0 Å². The minimum absolute atomic E-state index is 0.0393. The SMILES string of the molecule is Cc1oc2ccc(OCc3ccccc3F)cc2c1C(=O)NOC(=O)C1CCOC1. The molecule has 1 aliphatic heterocycles. The number of furan rings is 1. The van der Waals surface area contributed by atoms with Gasteiger partial charge in [0, 0.05) is 17.6 Å². The van der Waals surface area contributed by atoms with Crippen LogP contribution in [0.5, 0.6) is 5.75 Å². The van der Waals surface area contributed by atoms with E-state index in [-0.39, 0.29) is 30.5 Å². The van der Waals surface area contributed by atoms with Crippen LogP contribution in [0.3, 0.4) is 0 Å². The van der Waals surface area contributed by atoms with Gasteiger partial charge in [-0.1, -0.05) is 18.2 Å². The van der Waals surface area contributed by atoms with Crippen LogP contribution in [0.15, 0.2) is 46.9 Å². The summed E-state index contributed by atoms with van der Waals surface area (Å²) in [6.45, 7) is 2.46. The summed E-state index contributed by atoms with van der Waals surface area (Å²) in [5, 5.41) is 0.497. The summed E-state index contributed by atoms with van der Waals surface area (Å²) in [7, 11) is 0. The molecule has 0 aliphatic carbocycles. The van der Waals surface area contributed by atoms with Gasteiger partial charge in [0.1, 0.15) is 29.5 Å². The molecule has 156 valence electrons. The van der Waals surface area contributed by atoms with E-state index in [9.17, 15) is 14.0 Å². The van der Waals surface area contributed by atoms with Gasteiger partial charge in [-0.3, -0.25) is 4.79 Å². The molecule has 1 aliphatic rings. The van der Waals surface area contributed by atoms with E-state index in [1.165, 1.54) is 6.07 Å². The first-order chi connectivity index (χ1) is 14.5. The van der Waals surface area contributed by atoms with Gasteiger partial charge in [0.15, 0.2) is 0 Å². The number of aryl methyl sites for hydroxylation is 1. The average Bonchev–Trinajstić information content (AvgIpc) is 3.38. The average molecular weight is 413 g/mol.